The van der Waals surface area contributed by atoms with Crippen molar-refractivity contribution < 1.29 is 23.9 Å². The molecule has 0 aliphatic heterocycles. The van der Waals surface area contributed by atoms with Crippen LogP contribution in [0.15, 0.2) is 18.2 Å². The van der Waals surface area contributed by atoms with E-state index in [0.717, 1.165) is 11.1 Å². The van der Waals surface area contributed by atoms with Crippen molar-refractivity contribution in [2.75, 3.05) is 0 Å². The van der Waals surface area contributed by atoms with Crippen LogP contribution in [0, 0.1) is 13.8 Å². The smallest absolute Gasteiger partial charge is 0.408 e. The molecule has 0 saturated heterocycles. The van der Waals surface area contributed by atoms with Crippen LogP contribution in [0.25, 0.3) is 0 Å². The number of alkyl carbamates (subject to hydrolysis) is 1. The summed E-state index contributed by atoms with van der Waals surface area (Å²) in [5.41, 5.74) is 6.46. The summed E-state index contributed by atoms with van der Waals surface area (Å²) >= 11 is 0. The van der Waals surface area contributed by atoms with Crippen molar-refractivity contribution in [1.82, 2.24) is 15.5 Å². The summed E-state index contributed by atoms with van der Waals surface area (Å²) in [6.45, 7) is 18.2. The van der Waals surface area contributed by atoms with Crippen molar-refractivity contribution in [3.05, 3.63) is 34.9 Å². The highest BCUT2D eigenvalue weighted by Gasteiger charge is 2.43. The molecule has 0 heterocycles. The fourth-order valence-electron chi connectivity index (χ4n) is 3.68. The van der Waals surface area contributed by atoms with Gasteiger partial charge in [-0.3, -0.25) is 14.4 Å². The van der Waals surface area contributed by atoms with Crippen LogP contribution in [0.3, 0.4) is 0 Å². The van der Waals surface area contributed by atoms with Crippen LogP contribution < -0.4 is 16.4 Å². The Balaban J connectivity index is 3.70. The SMILES string of the molecule is CCC(C)(C)N(C(=O)C(CC(N)=O)NC(=O)OC(C)(C)C)C(C(=O)NC(C)C)c1ccc(C)c(C)c1. The van der Waals surface area contributed by atoms with E-state index in [9.17, 15) is 19.2 Å². The maximum Gasteiger partial charge on any atom is 0.408 e. The Morgan fingerprint density at radius 2 is 1.58 bits per heavy atom. The molecule has 202 valence electrons. The Morgan fingerprint density at radius 1 is 1.00 bits per heavy atom. The third kappa shape index (κ3) is 8.84. The molecule has 2 unspecified atom stereocenters. The predicted molar refractivity (Wildman–Crippen MR) is 140 cm³/mol. The van der Waals surface area contributed by atoms with Crippen molar-refractivity contribution in [3.8, 4) is 0 Å². The quantitative estimate of drug-likeness (QED) is 0.448. The van der Waals surface area contributed by atoms with Crippen molar-refractivity contribution in [2.24, 2.45) is 5.73 Å². The van der Waals surface area contributed by atoms with Gasteiger partial charge in [-0.15, -0.1) is 0 Å². The molecule has 4 amide bonds. The van der Waals surface area contributed by atoms with Gasteiger partial charge in [0.25, 0.3) is 0 Å². The van der Waals surface area contributed by atoms with E-state index in [2.05, 4.69) is 10.6 Å². The molecule has 4 N–H and O–H groups in total. The number of hydrogen-bond donors (Lipinski definition) is 3. The molecular weight excluding hydrogens is 460 g/mol. The first kappa shape index (κ1) is 30.9. The third-order valence-corrected chi connectivity index (χ3v) is 5.93. The summed E-state index contributed by atoms with van der Waals surface area (Å²) in [7, 11) is 0. The highest BCUT2D eigenvalue weighted by Crippen LogP contribution is 2.33. The van der Waals surface area contributed by atoms with E-state index in [1.54, 1.807) is 20.8 Å². The van der Waals surface area contributed by atoms with E-state index < -0.39 is 47.6 Å². The lowest BCUT2D eigenvalue weighted by Crippen LogP contribution is -2.60. The molecule has 2 atom stereocenters. The maximum atomic E-state index is 14.1. The second kappa shape index (κ2) is 12.2. The largest absolute Gasteiger partial charge is 0.444 e. The standard InChI is InChI=1S/C27H44N4O5/c1-11-27(9,10)31(24(34)20(15-21(28)32)30-25(35)36-26(6,7)8)22(23(33)29-16(2)3)19-13-12-17(4)18(5)14-19/h12-14,16,20,22H,11,15H2,1-10H3,(H2,28,32)(H,29,33)(H,30,35). The lowest BCUT2D eigenvalue weighted by molar-refractivity contribution is -0.150. The molecule has 0 spiro atoms. The number of nitrogens with zero attached hydrogens (tertiary/aromatic N) is 1. The highest BCUT2D eigenvalue weighted by molar-refractivity contribution is 5.95. The van der Waals surface area contributed by atoms with Crippen molar-refractivity contribution >= 4 is 23.8 Å². The molecular formula is C27H44N4O5. The van der Waals surface area contributed by atoms with Gasteiger partial charge in [-0.25, -0.2) is 4.79 Å². The molecule has 1 rings (SSSR count). The van der Waals surface area contributed by atoms with Crippen molar-refractivity contribution in [2.45, 2.75) is 111 Å². The van der Waals surface area contributed by atoms with Crippen molar-refractivity contribution in [3.63, 3.8) is 0 Å². The van der Waals surface area contributed by atoms with Crippen LogP contribution in [0.4, 0.5) is 4.79 Å². The molecule has 0 aromatic heterocycles. The van der Waals surface area contributed by atoms with E-state index >= 15 is 0 Å². The van der Waals surface area contributed by atoms with Crippen LogP contribution in [0.5, 0.6) is 0 Å². The van der Waals surface area contributed by atoms with Crippen LogP contribution in [-0.2, 0) is 19.1 Å². The molecule has 9 nitrogen and oxygen atoms in total. The van der Waals surface area contributed by atoms with Crippen molar-refractivity contribution in [1.29, 1.82) is 0 Å². The fraction of sp³-hybridized carbons (Fsp3) is 0.630. The van der Waals surface area contributed by atoms with Gasteiger partial charge in [0, 0.05) is 11.6 Å². The second-order valence-electron chi connectivity index (χ2n) is 11.2. The van der Waals surface area contributed by atoms with Gasteiger partial charge in [0.05, 0.1) is 6.42 Å². The number of rotatable bonds is 10. The number of ether oxygens (including phenoxy) is 1. The first-order chi connectivity index (χ1) is 16.4. The number of nitrogens with one attached hydrogen (secondary N) is 2. The minimum Gasteiger partial charge on any atom is -0.444 e. The lowest BCUT2D eigenvalue weighted by Gasteiger charge is -2.44. The number of amides is 4. The minimum absolute atomic E-state index is 0.172. The molecule has 36 heavy (non-hydrogen) atoms. The Bertz CT molecular complexity index is 965. The number of hydrogen-bond acceptors (Lipinski definition) is 5. The van der Waals surface area contributed by atoms with E-state index in [-0.39, 0.29) is 11.9 Å². The van der Waals surface area contributed by atoms with E-state index in [1.807, 2.05) is 66.7 Å². The van der Waals surface area contributed by atoms with Crippen LogP contribution in [0.1, 0.15) is 91.0 Å². The number of nitrogens with two attached hydrogens (primary N) is 1. The van der Waals surface area contributed by atoms with Gasteiger partial charge in [-0.05, 0) is 85.4 Å². The van der Waals surface area contributed by atoms with Crippen LogP contribution >= 0.6 is 0 Å². The molecule has 0 saturated carbocycles. The average Bonchev–Trinajstić information content (AvgIpc) is 2.70. The van der Waals surface area contributed by atoms with Crippen LogP contribution in [0.2, 0.25) is 0 Å². The minimum atomic E-state index is -1.32. The zero-order chi connectivity index (χ0) is 28.0. The number of primary amides is 1. The van der Waals surface area contributed by atoms with Gasteiger partial charge in [0.15, 0.2) is 0 Å². The lowest BCUT2D eigenvalue weighted by atomic mass is 9.90. The molecule has 0 aliphatic rings. The summed E-state index contributed by atoms with van der Waals surface area (Å²) in [6, 6.07) is 3.12. The second-order valence-corrected chi connectivity index (χ2v) is 11.2. The Kier molecular flexibility index (Phi) is 10.5. The highest BCUT2D eigenvalue weighted by atomic mass is 16.6. The van der Waals surface area contributed by atoms with E-state index in [4.69, 9.17) is 10.5 Å². The molecule has 0 bridgehead atoms. The predicted octanol–water partition coefficient (Wildman–Crippen LogP) is 3.66. The topological polar surface area (TPSA) is 131 Å². The number of carbonyl (C=O) groups is 4. The number of benzene rings is 1. The summed E-state index contributed by atoms with van der Waals surface area (Å²) in [6.07, 6.45) is -0.796. The summed E-state index contributed by atoms with van der Waals surface area (Å²) < 4.78 is 5.31. The molecule has 1 aromatic rings. The van der Waals surface area contributed by atoms with Gasteiger partial charge >= 0.3 is 6.09 Å². The Morgan fingerprint density at radius 3 is 2.03 bits per heavy atom. The maximum absolute atomic E-state index is 14.1. The van der Waals surface area contributed by atoms with E-state index in [1.165, 1.54) is 4.90 Å². The molecule has 0 aliphatic carbocycles. The molecule has 0 fully saturated rings. The van der Waals surface area contributed by atoms with E-state index in [0.29, 0.717) is 12.0 Å². The number of carbonyl (C=O) groups excluding carboxylic acids is 4. The monoisotopic (exact) mass is 504 g/mol. The zero-order valence-corrected chi connectivity index (χ0v) is 23.4. The zero-order valence-electron chi connectivity index (χ0n) is 23.4. The summed E-state index contributed by atoms with van der Waals surface area (Å²) in [4.78, 5) is 53.6. The normalized spacial score (nSPS) is 13.5. The fourth-order valence-corrected chi connectivity index (χ4v) is 3.68. The van der Waals surface area contributed by atoms with Gasteiger partial charge < -0.3 is 26.0 Å². The van der Waals surface area contributed by atoms with Crippen LogP contribution in [-0.4, -0.2) is 51.9 Å². The summed E-state index contributed by atoms with van der Waals surface area (Å²) in [5, 5.41) is 5.42. The molecule has 9 heteroatoms. The first-order valence-electron chi connectivity index (χ1n) is 12.4. The first-order valence-corrected chi connectivity index (χ1v) is 12.4. The van der Waals surface area contributed by atoms with Gasteiger partial charge in [-0.2, -0.15) is 0 Å². The molecule has 1 aromatic carbocycles. The average molecular weight is 505 g/mol. The third-order valence-electron chi connectivity index (χ3n) is 5.93. The van der Waals surface area contributed by atoms with Gasteiger partial charge in [-0.1, -0.05) is 25.1 Å². The molecule has 0 radical (unpaired) electrons. The Hall–Kier alpha value is -3.10. The van der Waals surface area contributed by atoms with Gasteiger partial charge in [0.2, 0.25) is 17.7 Å². The van der Waals surface area contributed by atoms with Gasteiger partial charge in [0.1, 0.15) is 17.7 Å². The Labute approximate surface area is 215 Å². The number of aryl methyl sites for hydroxylation is 2. The summed E-state index contributed by atoms with van der Waals surface area (Å²) in [5.74, 6) is -1.74.